The fourth-order valence-corrected chi connectivity index (χ4v) is 1.70. The lowest BCUT2D eigenvalue weighted by Crippen LogP contribution is -2.53. The van der Waals surface area contributed by atoms with Crippen LogP contribution in [0.3, 0.4) is 0 Å². The molecule has 3 heteroatoms. The Labute approximate surface area is 88.2 Å². The summed E-state index contributed by atoms with van der Waals surface area (Å²) in [7, 11) is 2.21. The van der Waals surface area contributed by atoms with E-state index in [1.807, 2.05) is 0 Å². The van der Waals surface area contributed by atoms with Crippen LogP contribution in [-0.2, 0) is 0 Å². The highest BCUT2D eigenvalue weighted by atomic mass is 15.2. The highest BCUT2D eigenvalue weighted by molar-refractivity contribution is 4.79. The minimum Gasteiger partial charge on any atom is -0.315 e. The number of nitrogens with zero attached hydrogens (tertiary/aromatic N) is 1. The van der Waals surface area contributed by atoms with Gasteiger partial charge in [0, 0.05) is 38.8 Å². The number of piperazine rings is 1. The van der Waals surface area contributed by atoms with Gasteiger partial charge in [-0.2, -0.15) is 0 Å². The second-order valence-electron chi connectivity index (χ2n) is 5.53. The number of nitrogens with one attached hydrogen (secondary N) is 2. The fraction of sp³-hybridized carbons (Fsp3) is 1.00. The van der Waals surface area contributed by atoms with Crippen molar-refractivity contribution in [1.29, 1.82) is 0 Å². The molecule has 14 heavy (non-hydrogen) atoms. The molecule has 0 bridgehead atoms. The van der Waals surface area contributed by atoms with Gasteiger partial charge in [0.15, 0.2) is 0 Å². The lowest BCUT2D eigenvalue weighted by atomic mass is 9.97. The van der Waals surface area contributed by atoms with Crippen molar-refractivity contribution in [2.24, 2.45) is 5.41 Å². The molecule has 1 fully saturated rings. The van der Waals surface area contributed by atoms with E-state index in [4.69, 9.17) is 0 Å². The first-order valence-corrected chi connectivity index (χ1v) is 5.61. The maximum Gasteiger partial charge on any atom is 0.0342 e. The predicted molar refractivity (Wildman–Crippen MR) is 61.6 cm³/mol. The summed E-state index contributed by atoms with van der Waals surface area (Å²) in [5.41, 5.74) is 0.390. The van der Waals surface area contributed by atoms with Crippen LogP contribution in [0.4, 0.5) is 0 Å². The van der Waals surface area contributed by atoms with Crippen LogP contribution in [0.5, 0.6) is 0 Å². The van der Waals surface area contributed by atoms with Crippen molar-refractivity contribution in [2.75, 3.05) is 39.8 Å². The molecule has 0 saturated carbocycles. The molecule has 1 aliphatic rings. The first-order chi connectivity index (χ1) is 6.49. The van der Waals surface area contributed by atoms with Crippen LogP contribution in [0, 0.1) is 5.41 Å². The predicted octanol–water partition coefficient (Wildman–Crippen LogP) is 0.526. The van der Waals surface area contributed by atoms with E-state index in [-0.39, 0.29) is 0 Å². The van der Waals surface area contributed by atoms with Gasteiger partial charge in [0.2, 0.25) is 0 Å². The summed E-state index contributed by atoms with van der Waals surface area (Å²) in [5, 5.41) is 6.98. The van der Waals surface area contributed by atoms with Gasteiger partial charge < -0.3 is 10.6 Å². The Morgan fingerprint density at radius 2 is 2.14 bits per heavy atom. The largest absolute Gasteiger partial charge is 0.315 e. The van der Waals surface area contributed by atoms with Gasteiger partial charge in [-0.3, -0.25) is 4.90 Å². The van der Waals surface area contributed by atoms with Gasteiger partial charge in [-0.15, -0.1) is 0 Å². The highest BCUT2D eigenvalue weighted by Gasteiger charge is 2.18. The van der Waals surface area contributed by atoms with E-state index in [1.165, 1.54) is 6.54 Å². The fourth-order valence-electron chi connectivity index (χ4n) is 1.70. The van der Waals surface area contributed by atoms with Gasteiger partial charge in [-0.05, 0) is 12.5 Å². The molecular weight excluding hydrogens is 174 g/mol. The van der Waals surface area contributed by atoms with Gasteiger partial charge in [0.1, 0.15) is 0 Å². The van der Waals surface area contributed by atoms with E-state index in [2.05, 4.69) is 43.4 Å². The minimum atomic E-state index is 0.390. The van der Waals surface area contributed by atoms with Crippen molar-refractivity contribution in [2.45, 2.75) is 26.8 Å². The van der Waals surface area contributed by atoms with Gasteiger partial charge in [0.25, 0.3) is 0 Å². The monoisotopic (exact) mass is 199 g/mol. The van der Waals surface area contributed by atoms with E-state index in [9.17, 15) is 0 Å². The Bertz CT molecular complexity index is 162. The smallest absolute Gasteiger partial charge is 0.0342 e. The first kappa shape index (κ1) is 12.0. The van der Waals surface area contributed by atoms with Gasteiger partial charge in [0.05, 0.1) is 0 Å². The summed E-state index contributed by atoms with van der Waals surface area (Å²) in [4.78, 5) is 2.44. The second kappa shape index (κ2) is 5.10. The van der Waals surface area contributed by atoms with Gasteiger partial charge in [-0.1, -0.05) is 20.8 Å². The maximum absolute atomic E-state index is 3.54. The lowest BCUT2D eigenvalue weighted by Gasteiger charge is -2.34. The van der Waals surface area contributed by atoms with Gasteiger partial charge in [-0.25, -0.2) is 0 Å². The molecule has 3 nitrogen and oxygen atoms in total. The molecule has 0 aromatic heterocycles. The molecule has 1 rings (SSSR count). The molecule has 1 atom stereocenters. The van der Waals surface area contributed by atoms with E-state index in [0.29, 0.717) is 11.5 Å². The van der Waals surface area contributed by atoms with Crippen molar-refractivity contribution in [3.63, 3.8) is 0 Å². The van der Waals surface area contributed by atoms with E-state index < -0.39 is 0 Å². The Morgan fingerprint density at radius 1 is 1.43 bits per heavy atom. The quantitative estimate of drug-likeness (QED) is 0.694. The summed E-state index contributed by atoms with van der Waals surface area (Å²) < 4.78 is 0. The summed E-state index contributed by atoms with van der Waals surface area (Å²) in [6.07, 6.45) is 0. The Morgan fingerprint density at radius 3 is 2.71 bits per heavy atom. The molecule has 1 heterocycles. The molecule has 2 N–H and O–H groups in total. The van der Waals surface area contributed by atoms with E-state index in [0.717, 1.165) is 26.2 Å². The van der Waals surface area contributed by atoms with E-state index >= 15 is 0 Å². The van der Waals surface area contributed by atoms with Crippen LogP contribution in [0.25, 0.3) is 0 Å². The van der Waals surface area contributed by atoms with Crippen LogP contribution < -0.4 is 10.6 Å². The molecule has 1 unspecified atom stereocenters. The van der Waals surface area contributed by atoms with Gasteiger partial charge >= 0.3 is 0 Å². The normalized spacial score (nSPS) is 25.3. The molecule has 0 aromatic rings. The van der Waals surface area contributed by atoms with Crippen molar-refractivity contribution in [3.8, 4) is 0 Å². The van der Waals surface area contributed by atoms with Crippen LogP contribution in [0.15, 0.2) is 0 Å². The molecule has 84 valence electrons. The number of rotatable bonds is 3. The minimum absolute atomic E-state index is 0.390. The molecule has 0 aliphatic carbocycles. The number of hydrogen-bond donors (Lipinski definition) is 2. The van der Waals surface area contributed by atoms with E-state index in [1.54, 1.807) is 0 Å². The van der Waals surface area contributed by atoms with Crippen molar-refractivity contribution in [1.82, 2.24) is 15.5 Å². The molecule has 0 aromatic carbocycles. The molecule has 0 radical (unpaired) electrons. The van der Waals surface area contributed by atoms with Crippen molar-refractivity contribution < 1.29 is 0 Å². The number of hydrogen-bond acceptors (Lipinski definition) is 3. The summed E-state index contributed by atoms with van der Waals surface area (Å²) in [6.45, 7) is 12.4. The lowest BCUT2D eigenvalue weighted by molar-refractivity contribution is 0.191. The zero-order valence-corrected chi connectivity index (χ0v) is 10.1. The third kappa shape index (κ3) is 4.40. The highest BCUT2D eigenvalue weighted by Crippen LogP contribution is 2.10. The molecule has 0 spiro atoms. The van der Waals surface area contributed by atoms with Crippen molar-refractivity contribution >= 4 is 0 Å². The zero-order valence-electron chi connectivity index (χ0n) is 10.1. The molecule has 1 aliphatic heterocycles. The summed E-state index contributed by atoms with van der Waals surface area (Å²) in [5.74, 6) is 0. The third-order valence-corrected chi connectivity index (χ3v) is 2.68. The summed E-state index contributed by atoms with van der Waals surface area (Å²) >= 11 is 0. The standard InChI is InChI=1S/C11H25N3/c1-11(2,3)9-13-8-10-7-12-5-6-14(10)4/h10,12-13H,5-9H2,1-4H3. The molecular formula is C11H25N3. The number of likely N-dealkylation sites (N-methyl/N-ethyl adjacent to an activating group) is 1. The average molecular weight is 199 g/mol. The van der Waals surface area contributed by atoms with Crippen LogP contribution in [-0.4, -0.2) is 50.7 Å². The Balaban J connectivity index is 2.17. The van der Waals surface area contributed by atoms with Crippen LogP contribution in [0.1, 0.15) is 20.8 Å². The Hall–Kier alpha value is -0.120. The molecule has 0 amide bonds. The zero-order chi connectivity index (χ0) is 10.6. The third-order valence-electron chi connectivity index (χ3n) is 2.68. The second-order valence-corrected chi connectivity index (χ2v) is 5.53. The SMILES string of the molecule is CN1CCNCC1CNCC(C)(C)C. The average Bonchev–Trinajstić information content (AvgIpc) is 2.06. The van der Waals surface area contributed by atoms with Crippen LogP contribution >= 0.6 is 0 Å². The van der Waals surface area contributed by atoms with Crippen molar-refractivity contribution in [3.05, 3.63) is 0 Å². The summed E-state index contributed by atoms with van der Waals surface area (Å²) in [6, 6.07) is 0.658. The first-order valence-electron chi connectivity index (χ1n) is 5.61. The Kier molecular flexibility index (Phi) is 4.35. The van der Waals surface area contributed by atoms with Crippen LogP contribution in [0.2, 0.25) is 0 Å². The molecule has 1 saturated heterocycles. The maximum atomic E-state index is 3.54. The topological polar surface area (TPSA) is 27.3 Å².